The fraction of sp³-hybridized carbons (Fsp3) is 0.529. The highest BCUT2D eigenvalue weighted by molar-refractivity contribution is 8.01. The van der Waals surface area contributed by atoms with Crippen molar-refractivity contribution in [1.29, 1.82) is 0 Å². The van der Waals surface area contributed by atoms with Crippen LogP contribution in [0.2, 0.25) is 0 Å². The van der Waals surface area contributed by atoms with E-state index in [-0.39, 0.29) is 5.91 Å². The van der Waals surface area contributed by atoms with Gasteiger partial charge in [0.25, 0.3) is 0 Å². The number of nitrogens with one attached hydrogen (secondary N) is 1. The standard InChI is InChI=1S/C17H22N2OS2/c1-11-6-5-8-13(12(11)2)18-16(20)10-21-17-19-14-7-3-4-9-15(14)22-17/h3-4,7,9,11-13H,5-6,8,10H2,1-2H3,(H,18,20)/t11-,12+,13+/m1/s1. The summed E-state index contributed by atoms with van der Waals surface area (Å²) < 4.78 is 2.15. The van der Waals surface area contributed by atoms with Crippen LogP contribution in [0, 0.1) is 11.8 Å². The fourth-order valence-electron chi connectivity index (χ4n) is 3.07. The molecule has 3 nitrogen and oxygen atoms in total. The molecule has 0 aliphatic heterocycles. The van der Waals surface area contributed by atoms with Crippen molar-refractivity contribution in [1.82, 2.24) is 10.3 Å². The van der Waals surface area contributed by atoms with Crippen LogP contribution in [0.4, 0.5) is 0 Å². The average molecular weight is 335 g/mol. The predicted molar refractivity (Wildman–Crippen MR) is 94.5 cm³/mol. The maximum Gasteiger partial charge on any atom is 0.230 e. The molecule has 0 radical (unpaired) electrons. The van der Waals surface area contributed by atoms with E-state index in [1.54, 1.807) is 23.1 Å². The molecule has 22 heavy (non-hydrogen) atoms. The highest BCUT2D eigenvalue weighted by Gasteiger charge is 2.28. The molecule has 1 saturated carbocycles. The van der Waals surface area contributed by atoms with E-state index in [0.717, 1.165) is 16.3 Å². The van der Waals surface area contributed by atoms with Crippen molar-refractivity contribution in [3.63, 3.8) is 0 Å². The van der Waals surface area contributed by atoms with Crippen LogP contribution in [0.15, 0.2) is 28.6 Å². The first-order valence-corrected chi connectivity index (χ1v) is 9.71. The van der Waals surface area contributed by atoms with E-state index in [2.05, 4.69) is 30.2 Å². The molecule has 1 aromatic heterocycles. The summed E-state index contributed by atoms with van der Waals surface area (Å²) in [6, 6.07) is 8.44. The number of carbonyl (C=O) groups excluding carboxylic acids is 1. The summed E-state index contributed by atoms with van der Waals surface area (Å²) in [6.45, 7) is 4.55. The summed E-state index contributed by atoms with van der Waals surface area (Å²) in [7, 11) is 0. The number of rotatable bonds is 4. The van der Waals surface area contributed by atoms with Gasteiger partial charge in [-0.05, 0) is 30.4 Å². The molecule has 0 unspecified atom stereocenters. The van der Waals surface area contributed by atoms with Crippen molar-refractivity contribution in [2.45, 2.75) is 43.5 Å². The molecule has 0 bridgehead atoms. The van der Waals surface area contributed by atoms with E-state index < -0.39 is 0 Å². The number of hydrogen-bond acceptors (Lipinski definition) is 4. The lowest BCUT2D eigenvalue weighted by molar-refractivity contribution is -0.119. The first-order chi connectivity index (χ1) is 10.6. The van der Waals surface area contributed by atoms with E-state index in [1.807, 2.05) is 18.2 Å². The Bertz CT molecular complexity index is 622. The number of fused-ring (bicyclic) bond motifs is 1. The molecule has 1 heterocycles. The molecule has 1 aliphatic rings. The molecule has 1 aromatic carbocycles. The van der Waals surface area contributed by atoms with Crippen LogP contribution in [-0.2, 0) is 4.79 Å². The number of hydrogen-bond donors (Lipinski definition) is 1. The van der Waals surface area contributed by atoms with E-state index in [9.17, 15) is 4.79 Å². The number of nitrogens with zero attached hydrogens (tertiary/aromatic N) is 1. The van der Waals surface area contributed by atoms with Gasteiger partial charge in [-0.3, -0.25) is 4.79 Å². The lowest BCUT2D eigenvalue weighted by atomic mass is 9.78. The second-order valence-electron chi connectivity index (χ2n) is 6.18. The third kappa shape index (κ3) is 3.63. The Morgan fingerprint density at radius 1 is 1.36 bits per heavy atom. The molecule has 5 heteroatoms. The number of aromatic nitrogens is 1. The topological polar surface area (TPSA) is 42.0 Å². The number of thioether (sulfide) groups is 1. The van der Waals surface area contributed by atoms with Crippen LogP contribution in [0.3, 0.4) is 0 Å². The Balaban J connectivity index is 1.53. The largest absolute Gasteiger partial charge is 0.352 e. The molecule has 1 amide bonds. The van der Waals surface area contributed by atoms with Gasteiger partial charge in [-0.25, -0.2) is 4.98 Å². The van der Waals surface area contributed by atoms with Crippen LogP contribution in [0.25, 0.3) is 10.2 Å². The van der Waals surface area contributed by atoms with E-state index in [0.29, 0.717) is 23.6 Å². The van der Waals surface area contributed by atoms with Gasteiger partial charge >= 0.3 is 0 Å². The zero-order valence-electron chi connectivity index (χ0n) is 13.0. The van der Waals surface area contributed by atoms with Gasteiger partial charge in [0.1, 0.15) is 0 Å². The summed E-state index contributed by atoms with van der Waals surface area (Å²) >= 11 is 3.20. The lowest BCUT2D eigenvalue weighted by Crippen LogP contribution is -2.44. The van der Waals surface area contributed by atoms with Crippen molar-refractivity contribution in [3.05, 3.63) is 24.3 Å². The number of carbonyl (C=O) groups is 1. The third-order valence-electron chi connectivity index (χ3n) is 4.65. The maximum absolute atomic E-state index is 12.2. The van der Waals surface area contributed by atoms with Gasteiger partial charge in [0.05, 0.1) is 16.0 Å². The minimum absolute atomic E-state index is 0.134. The fourth-order valence-corrected chi connectivity index (χ4v) is 4.95. The normalized spacial score (nSPS) is 25.3. The van der Waals surface area contributed by atoms with Gasteiger partial charge in [-0.2, -0.15) is 0 Å². The molecular weight excluding hydrogens is 312 g/mol. The van der Waals surface area contributed by atoms with Crippen molar-refractivity contribution in [3.8, 4) is 0 Å². The van der Waals surface area contributed by atoms with Crippen LogP contribution in [0.5, 0.6) is 0 Å². The zero-order chi connectivity index (χ0) is 15.5. The van der Waals surface area contributed by atoms with E-state index in [1.165, 1.54) is 17.5 Å². The Kier molecular flexibility index (Phi) is 5.03. The van der Waals surface area contributed by atoms with Gasteiger partial charge < -0.3 is 5.32 Å². The monoisotopic (exact) mass is 334 g/mol. The SMILES string of the molecule is C[C@H]1[C@H](C)CCC[C@@H]1NC(=O)CSc1nc2ccccc2s1. The minimum atomic E-state index is 0.134. The summed E-state index contributed by atoms with van der Waals surface area (Å²) in [5.74, 6) is 1.87. The molecule has 0 saturated heterocycles. The minimum Gasteiger partial charge on any atom is -0.352 e. The maximum atomic E-state index is 12.2. The Morgan fingerprint density at radius 2 is 2.18 bits per heavy atom. The van der Waals surface area contributed by atoms with E-state index >= 15 is 0 Å². The number of thiazole rings is 1. The second-order valence-corrected chi connectivity index (χ2v) is 8.43. The first-order valence-electron chi connectivity index (χ1n) is 7.91. The van der Waals surface area contributed by atoms with Crippen molar-refractivity contribution in [2.75, 3.05) is 5.75 Å². The van der Waals surface area contributed by atoms with Gasteiger partial charge in [-0.1, -0.05) is 50.6 Å². The molecule has 1 aliphatic carbocycles. The highest BCUT2D eigenvalue weighted by Crippen LogP contribution is 2.31. The smallest absolute Gasteiger partial charge is 0.230 e. The molecule has 3 rings (SSSR count). The van der Waals surface area contributed by atoms with Crippen molar-refractivity contribution >= 4 is 39.2 Å². The summed E-state index contributed by atoms with van der Waals surface area (Å²) in [5.41, 5.74) is 1.02. The quantitative estimate of drug-likeness (QED) is 0.846. The highest BCUT2D eigenvalue weighted by atomic mass is 32.2. The third-order valence-corrected chi connectivity index (χ3v) is 6.83. The molecular formula is C17H22N2OS2. The van der Waals surface area contributed by atoms with Crippen molar-refractivity contribution in [2.24, 2.45) is 11.8 Å². The Labute approximate surface area is 139 Å². The van der Waals surface area contributed by atoms with Gasteiger partial charge in [0.2, 0.25) is 5.91 Å². The van der Waals surface area contributed by atoms with Crippen LogP contribution >= 0.6 is 23.1 Å². The first kappa shape index (κ1) is 15.8. The van der Waals surface area contributed by atoms with E-state index in [4.69, 9.17) is 0 Å². The summed E-state index contributed by atoms with van der Waals surface area (Å²) in [5, 5.41) is 3.22. The van der Waals surface area contributed by atoms with Crippen LogP contribution in [-0.4, -0.2) is 22.7 Å². The Morgan fingerprint density at radius 3 is 3.00 bits per heavy atom. The predicted octanol–water partition coefficient (Wildman–Crippen LogP) is 4.33. The molecule has 2 aromatic rings. The van der Waals surface area contributed by atoms with Gasteiger partial charge in [-0.15, -0.1) is 11.3 Å². The number of para-hydroxylation sites is 1. The zero-order valence-corrected chi connectivity index (χ0v) is 14.7. The summed E-state index contributed by atoms with van der Waals surface area (Å²) in [6.07, 6.45) is 3.62. The van der Waals surface area contributed by atoms with Crippen molar-refractivity contribution < 1.29 is 4.79 Å². The molecule has 0 spiro atoms. The molecule has 1 fully saturated rings. The van der Waals surface area contributed by atoms with Crippen LogP contribution in [0.1, 0.15) is 33.1 Å². The lowest BCUT2D eigenvalue weighted by Gasteiger charge is -2.34. The Hall–Kier alpha value is -1.07. The molecule has 1 N–H and O–H groups in total. The molecule has 118 valence electrons. The second kappa shape index (κ2) is 7.01. The summed E-state index contributed by atoms with van der Waals surface area (Å²) in [4.78, 5) is 16.8. The van der Waals surface area contributed by atoms with Gasteiger partial charge in [0.15, 0.2) is 4.34 Å². The average Bonchev–Trinajstić information content (AvgIpc) is 2.93. The van der Waals surface area contributed by atoms with Crippen LogP contribution < -0.4 is 5.32 Å². The molecule has 3 atom stereocenters. The van der Waals surface area contributed by atoms with Gasteiger partial charge in [0, 0.05) is 6.04 Å². The number of benzene rings is 1. The number of amides is 1.